The lowest BCUT2D eigenvalue weighted by Gasteiger charge is -2.10. The summed E-state index contributed by atoms with van der Waals surface area (Å²) in [7, 11) is 0. The van der Waals surface area contributed by atoms with Crippen LogP contribution in [0.25, 0.3) is 5.76 Å². The van der Waals surface area contributed by atoms with Crippen molar-refractivity contribution in [3.8, 4) is 0 Å². The molecule has 0 saturated heterocycles. The molecule has 14 heavy (non-hydrogen) atoms. The van der Waals surface area contributed by atoms with Gasteiger partial charge in [0, 0.05) is 18.7 Å². The topological polar surface area (TPSA) is 92.5 Å². The second-order valence-corrected chi connectivity index (χ2v) is 2.87. The van der Waals surface area contributed by atoms with Crippen LogP contribution in [0.1, 0.15) is 16.7 Å². The summed E-state index contributed by atoms with van der Waals surface area (Å²) in [4.78, 5) is 0. The van der Waals surface area contributed by atoms with Crippen LogP contribution in [0.4, 0.5) is 0 Å². The Morgan fingerprint density at radius 2 is 1.71 bits per heavy atom. The first-order valence-corrected chi connectivity index (χ1v) is 4.29. The molecule has 4 heteroatoms. The zero-order chi connectivity index (χ0) is 10.6. The molecule has 0 radical (unpaired) electrons. The van der Waals surface area contributed by atoms with Gasteiger partial charge in [-0.15, -0.1) is 0 Å². The van der Waals surface area contributed by atoms with Crippen molar-refractivity contribution in [2.24, 2.45) is 11.5 Å². The molecular weight excluding hydrogens is 180 g/mol. The Hall–Kier alpha value is -1.52. The molecule has 4 nitrogen and oxygen atoms in total. The summed E-state index contributed by atoms with van der Waals surface area (Å²) in [5.41, 5.74) is 13.1. The Morgan fingerprint density at radius 1 is 1.21 bits per heavy atom. The first-order valence-electron chi connectivity index (χ1n) is 4.29. The normalized spacial score (nSPS) is 11.7. The molecule has 0 fully saturated rings. The Kier molecular flexibility index (Phi) is 3.50. The molecule has 76 valence electrons. The summed E-state index contributed by atoms with van der Waals surface area (Å²) in [6.45, 7) is 0.585. The van der Waals surface area contributed by atoms with Gasteiger partial charge in [0.15, 0.2) is 5.76 Å². The van der Waals surface area contributed by atoms with Crippen molar-refractivity contribution in [3.63, 3.8) is 0 Å². The third kappa shape index (κ3) is 1.86. The fourth-order valence-electron chi connectivity index (χ4n) is 1.39. The molecule has 0 saturated carbocycles. The van der Waals surface area contributed by atoms with Crippen molar-refractivity contribution in [1.29, 1.82) is 0 Å². The predicted octanol–water partition coefficient (Wildman–Crippen LogP) is 1.02. The lowest BCUT2D eigenvalue weighted by atomic mass is 9.99. The van der Waals surface area contributed by atoms with Gasteiger partial charge >= 0.3 is 0 Å². The summed E-state index contributed by atoms with van der Waals surface area (Å²) in [5.74, 6) is -0.202. The van der Waals surface area contributed by atoms with Crippen molar-refractivity contribution >= 4 is 5.76 Å². The number of benzene rings is 1. The molecule has 0 spiro atoms. The van der Waals surface area contributed by atoms with Crippen molar-refractivity contribution in [3.05, 3.63) is 41.2 Å². The molecule has 0 aliphatic heterocycles. The SMILES string of the molecule is NCc1cccc(CN)c1C(O)=CO. The summed E-state index contributed by atoms with van der Waals surface area (Å²) < 4.78 is 0. The molecular formula is C10H14N2O2. The van der Waals surface area contributed by atoms with Gasteiger partial charge in [-0.2, -0.15) is 0 Å². The highest BCUT2D eigenvalue weighted by Crippen LogP contribution is 2.21. The monoisotopic (exact) mass is 194 g/mol. The molecule has 0 aliphatic carbocycles. The second kappa shape index (κ2) is 4.64. The van der Waals surface area contributed by atoms with Crippen molar-refractivity contribution in [2.75, 3.05) is 0 Å². The van der Waals surface area contributed by atoms with Gasteiger partial charge in [-0.3, -0.25) is 0 Å². The number of hydrogen-bond donors (Lipinski definition) is 4. The number of hydrogen-bond acceptors (Lipinski definition) is 4. The van der Waals surface area contributed by atoms with Gasteiger partial charge in [-0.1, -0.05) is 18.2 Å². The lowest BCUT2D eigenvalue weighted by Crippen LogP contribution is -2.07. The number of rotatable bonds is 3. The van der Waals surface area contributed by atoms with Gasteiger partial charge in [-0.05, 0) is 11.1 Å². The van der Waals surface area contributed by atoms with Crippen LogP contribution in [0.2, 0.25) is 0 Å². The van der Waals surface area contributed by atoms with Crippen LogP contribution < -0.4 is 11.5 Å². The van der Waals surface area contributed by atoms with Crippen LogP contribution in [0, 0.1) is 0 Å². The fourth-order valence-corrected chi connectivity index (χ4v) is 1.39. The van der Waals surface area contributed by atoms with E-state index in [1.807, 2.05) is 6.07 Å². The molecule has 0 atom stereocenters. The van der Waals surface area contributed by atoms with Crippen LogP contribution in [0.15, 0.2) is 24.5 Å². The number of nitrogens with two attached hydrogens (primary N) is 2. The van der Waals surface area contributed by atoms with Crippen LogP contribution in [-0.4, -0.2) is 10.2 Å². The third-order valence-electron chi connectivity index (χ3n) is 2.06. The Morgan fingerprint density at radius 3 is 2.07 bits per heavy atom. The highest BCUT2D eigenvalue weighted by molar-refractivity contribution is 5.64. The first kappa shape index (κ1) is 10.6. The van der Waals surface area contributed by atoms with E-state index in [1.165, 1.54) is 0 Å². The summed E-state index contributed by atoms with van der Waals surface area (Å²) >= 11 is 0. The van der Waals surface area contributed by atoms with Gasteiger partial charge in [-0.25, -0.2) is 0 Å². The van der Waals surface area contributed by atoms with E-state index in [-0.39, 0.29) is 5.76 Å². The highest BCUT2D eigenvalue weighted by atomic mass is 16.3. The van der Waals surface area contributed by atoms with E-state index in [0.29, 0.717) is 24.9 Å². The minimum Gasteiger partial charge on any atom is -0.512 e. The summed E-state index contributed by atoms with van der Waals surface area (Å²) in [6, 6.07) is 5.39. The van der Waals surface area contributed by atoms with E-state index in [2.05, 4.69) is 0 Å². The second-order valence-electron chi connectivity index (χ2n) is 2.87. The average Bonchev–Trinajstić information content (AvgIpc) is 2.26. The summed E-state index contributed by atoms with van der Waals surface area (Å²) in [6.07, 6.45) is 0.646. The molecule has 6 N–H and O–H groups in total. The minimum atomic E-state index is -0.202. The zero-order valence-electron chi connectivity index (χ0n) is 7.77. The first-order chi connectivity index (χ1) is 6.74. The maximum atomic E-state index is 9.45. The van der Waals surface area contributed by atoms with Gasteiger partial charge in [0.2, 0.25) is 0 Å². The van der Waals surface area contributed by atoms with Crippen LogP contribution >= 0.6 is 0 Å². The largest absolute Gasteiger partial charge is 0.512 e. The van der Waals surface area contributed by atoms with Crippen LogP contribution in [0.5, 0.6) is 0 Å². The van der Waals surface area contributed by atoms with Gasteiger partial charge in [0.05, 0.1) is 0 Å². The minimum absolute atomic E-state index is 0.202. The van der Waals surface area contributed by atoms with E-state index in [1.54, 1.807) is 12.1 Å². The maximum Gasteiger partial charge on any atom is 0.157 e. The summed E-state index contributed by atoms with van der Waals surface area (Å²) in [5, 5.41) is 18.2. The van der Waals surface area contributed by atoms with E-state index < -0.39 is 0 Å². The van der Waals surface area contributed by atoms with Crippen LogP contribution in [0.3, 0.4) is 0 Å². The number of aliphatic hydroxyl groups excluding tert-OH is 2. The molecule has 1 rings (SSSR count). The van der Waals surface area contributed by atoms with Gasteiger partial charge in [0.25, 0.3) is 0 Å². The quantitative estimate of drug-likeness (QED) is 0.540. The van der Waals surface area contributed by atoms with Gasteiger partial charge < -0.3 is 21.7 Å². The molecule has 0 aromatic heterocycles. The zero-order valence-corrected chi connectivity index (χ0v) is 7.77. The van der Waals surface area contributed by atoms with Gasteiger partial charge in [0.1, 0.15) is 6.26 Å². The van der Waals surface area contributed by atoms with E-state index in [9.17, 15) is 5.11 Å². The fraction of sp³-hybridized carbons (Fsp3) is 0.200. The standard InChI is InChI=1S/C10H14N2O2/c11-4-7-2-1-3-8(5-12)10(7)9(14)6-13/h1-3,6,13-14H,4-5,11-12H2. The molecule has 0 unspecified atom stereocenters. The molecule has 1 aromatic carbocycles. The highest BCUT2D eigenvalue weighted by Gasteiger charge is 2.10. The van der Waals surface area contributed by atoms with E-state index >= 15 is 0 Å². The smallest absolute Gasteiger partial charge is 0.157 e. The molecule has 1 aromatic rings. The van der Waals surface area contributed by atoms with Crippen molar-refractivity contribution in [2.45, 2.75) is 13.1 Å². The number of aliphatic hydroxyl groups is 2. The van der Waals surface area contributed by atoms with E-state index in [0.717, 1.165) is 11.1 Å². The maximum absolute atomic E-state index is 9.45. The Labute approximate surface area is 82.5 Å². The third-order valence-corrected chi connectivity index (χ3v) is 2.06. The predicted molar refractivity (Wildman–Crippen MR) is 55.5 cm³/mol. The van der Waals surface area contributed by atoms with Crippen molar-refractivity contribution < 1.29 is 10.2 Å². The average molecular weight is 194 g/mol. The molecule has 0 amide bonds. The van der Waals surface area contributed by atoms with Crippen LogP contribution in [-0.2, 0) is 13.1 Å². The molecule has 0 aliphatic rings. The molecule has 0 bridgehead atoms. The lowest BCUT2D eigenvalue weighted by molar-refractivity contribution is 0.430. The van der Waals surface area contributed by atoms with Crippen molar-refractivity contribution in [1.82, 2.24) is 0 Å². The molecule has 0 heterocycles. The Balaban J connectivity index is 3.33. The van der Waals surface area contributed by atoms with E-state index in [4.69, 9.17) is 16.6 Å². The Bertz CT molecular complexity index is 326.